The highest BCUT2D eigenvalue weighted by atomic mass is 19.2. The molecule has 1 aromatic heterocycles. The molecule has 0 fully saturated rings. The molecule has 2 aromatic carbocycles. The number of hydrogen-bond donors (Lipinski definition) is 2. The maximum Gasteiger partial charge on any atom is 0.274 e. The second-order valence-corrected chi connectivity index (χ2v) is 5.46. The van der Waals surface area contributed by atoms with E-state index in [-0.39, 0.29) is 11.6 Å². The zero-order valence-corrected chi connectivity index (χ0v) is 13.4. The van der Waals surface area contributed by atoms with Crippen LogP contribution in [-0.4, -0.2) is 10.9 Å². The maximum absolute atomic E-state index is 13.2. The topological polar surface area (TPSA) is 54.0 Å². The summed E-state index contributed by atoms with van der Waals surface area (Å²) in [6, 6.07) is 14.1. The van der Waals surface area contributed by atoms with Gasteiger partial charge in [-0.2, -0.15) is 0 Å². The van der Waals surface area contributed by atoms with Gasteiger partial charge in [0.15, 0.2) is 11.6 Å². The fraction of sp³-hybridized carbons (Fsp3) is 0.0526. The third-order valence-corrected chi connectivity index (χ3v) is 3.60. The smallest absolute Gasteiger partial charge is 0.274 e. The number of hydrogen-bond acceptors (Lipinski definition) is 3. The summed E-state index contributed by atoms with van der Waals surface area (Å²) in [6.45, 7) is 1.90. The van der Waals surface area contributed by atoms with Crippen molar-refractivity contribution in [1.29, 1.82) is 0 Å². The molecule has 4 nitrogen and oxygen atoms in total. The predicted molar refractivity (Wildman–Crippen MR) is 93.0 cm³/mol. The van der Waals surface area contributed by atoms with Crippen LogP contribution in [0.5, 0.6) is 0 Å². The maximum atomic E-state index is 13.2. The van der Waals surface area contributed by atoms with E-state index >= 15 is 0 Å². The molecule has 0 aliphatic rings. The fourth-order valence-electron chi connectivity index (χ4n) is 2.24. The first-order valence-corrected chi connectivity index (χ1v) is 7.58. The van der Waals surface area contributed by atoms with E-state index < -0.39 is 11.6 Å². The number of carbonyl (C=O) groups is 1. The molecule has 0 saturated carbocycles. The van der Waals surface area contributed by atoms with Crippen molar-refractivity contribution < 1.29 is 13.6 Å². The average Bonchev–Trinajstić information content (AvgIpc) is 2.61. The lowest BCUT2D eigenvalue weighted by Gasteiger charge is -2.09. The summed E-state index contributed by atoms with van der Waals surface area (Å²) in [5, 5.41) is 5.69. The summed E-state index contributed by atoms with van der Waals surface area (Å²) in [5.41, 5.74) is 2.86. The van der Waals surface area contributed by atoms with Crippen LogP contribution >= 0.6 is 0 Å². The Bertz CT molecular complexity index is 911. The number of aryl methyl sites for hydroxylation is 1. The van der Waals surface area contributed by atoms with Gasteiger partial charge in [-0.25, -0.2) is 13.8 Å². The van der Waals surface area contributed by atoms with E-state index in [0.717, 1.165) is 23.4 Å². The molecule has 1 heterocycles. The first-order valence-electron chi connectivity index (χ1n) is 7.58. The molecule has 126 valence electrons. The molecule has 0 aliphatic heterocycles. The largest absolute Gasteiger partial charge is 0.354 e. The first-order chi connectivity index (χ1) is 12.0. The van der Waals surface area contributed by atoms with Gasteiger partial charge < -0.3 is 10.6 Å². The molecular weight excluding hydrogens is 324 g/mol. The van der Waals surface area contributed by atoms with Crippen LogP contribution in [0.4, 0.5) is 25.8 Å². The van der Waals surface area contributed by atoms with Crippen molar-refractivity contribution in [1.82, 2.24) is 4.98 Å². The Labute approximate surface area is 143 Å². The average molecular weight is 339 g/mol. The van der Waals surface area contributed by atoms with Crippen LogP contribution in [-0.2, 0) is 0 Å². The van der Waals surface area contributed by atoms with Gasteiger partial charge in [0.2, 0.25) is 0 Å². The van der Waals surface area contributed by atoms with Crippen molar-refractivity contribution in [3.05, 3.63) is 83.7 Å². The van der Waals surface area contributed by atoms with Crippen LogP contribution in [0.2, 0.25) is 0 Å². The van der Waals surface area contributed by atoms with Crippen molar-refractivity contribution >= 4 is 23.0 Å². The second kappa shape index (κ2) is 7.09. The summed E-state index contributed by atoms with van der Waals surface area (Å²) in [4.78, 5) is 16.3. The van der Waals surface area contributed by atoms with Gasteiger partial charge in [-0.15, -0.1) is 0 Å². The number of aromatic nitrogens is 1. The molecule has 3 aromatic rings. The van der Waals surface area contributed by atoms with Gasteiger partial charge in [-0.3, -0.25) is 4.79 Å². The first kappa shape index (κ1) is 16.6. The van der Waals surface area contributed by atoms with Crippen LogP contribution in [0, 0.1) is 18.6 Å². The Balaban J connectivity index is 1.70. The highest BCUT2D eigenvalue weighted by molar-refractivity contribution is 6.03. The lowest BCUT2D eigenvalue weighted by atomic mass is 10.2. The number of carbonyl (C=O) groups excluding carboxylic acids is 1. The van der Waals surface area contributed by atoms with E-state index in [1.54, 1.807) is 12.1 Å². The summed E-state index contributed by atoms with van der Waals surface area (Å²) in [5.74, 6) is -2.17. The Morgan fingerprint density at radius 3 is 2.40 bits per heavy atom. The minimum Gasteiger partial charge on any atom is -0.354 e. The van der Waals surface area contributed by atoms with E-state index in [1.165, 1.54) is 12.3 Å². The number of halogens is 2. The van der Waals surface area contributed by atoms with Crippen molar-refractivity contribution in [2.45, 2.75) is 6.92 Å². The zero-order valence-electron chi connectivity index (χ0n) is 13.4. The molecular formula is C19H15F2N3O. The molecule has 6 heteroatoms. The molecule has 0 aliphatic carbocycles. The number of nitrogens with zero attached hydrogens (tertiary/aromatic N) is 1. The minimum absolute atomic E-state index is 0.249. The van der Waals surface area contributed by atoms with Crippen LogP contribution in [0.25, 0.3) is 0 Å². The van der Waals surface area contributed by atoms with Gasteiger partial charge in [0.1, 0.15) is 5.69 Å². The number of nitrogens with one attached hydrogen (secondary N) is 2. The number of pyridine rings is 1. The van der Waals surface area contributed by atoms with Crippen molar-refractivity contribution in [2.24, 2.45) is 0 Å². The standard InChI is InChI=1S/C19H15F2N3O/c1-12-4-2-3-5-17(12)24-19(25)18-9-7-14(11-22-18)23-13-6-8-15(20)16(21)10-13/h2-11,23H,1H3,(H,24,25). The van der Waals surface area contributed by atoms with Gasteiger partial charge in [0.25, 0.3) is 5.91 Å². The van der Waals surface area contributed by atoms with E-state index in [1.807, 2.05) is 31.2 Å². The summed E-state index contributed by atoms with van der Waals surface area (Å²) in [7, 11) is 0. The van der Waals surface area contributed by atoms with Crippen LogP contribution in [0.15, 0.2) is 60.8 Å². The van der Waals surface area contributed by atoms with Gasteiger partial charge >= 0.3 is 0 Å². The van der Waals surface area contributed by atoms with Gasteiger partial charge in [-0.1, -0.05) is 18.2 Å². The SMILES string of the molecule is Cc1ccccc1NC(=O)c1ccc(Nc2ccc(F)c(F)c2)cn1. The third kappa shape index (κ3) is 3.98. The van der Waals surface area contributed by atoms with Crippen LogP contribution in [0.3, 0.4) is 0 Å². The third-order valence-electron chi connectivity index (χ3n) is 3.60. The fourth-order valence-corrected chi connectivity index (χ4v) is 2.24. The quantitative estimate of drug-likeness (QED) is 0.727. The van der Waals surface area contributed by atoms with Crippen molar-refractivity contribution in [3.63, 3.8) is 0 Å². The molecule has 0 spiro atoms. The molecule has 25 heavy (non-hydrogen) atoms. The minimum atomic E-state index is -0.938. The van der Waals surface area contributed by atoms with Crippen LogP contribution < -0.4 is 10.6 Å². The normalized spacial score (nSPS) is 10.4. The van der Waals surface area contributed by atoms with E-state index in [9.17, 15) is 13.6 Å². The molecule has 1 amide bonds. The van der Waals surface area contributed by atoms with Crippen LogP contribution in [0.1, 0.15) is 16.1 Å². The lowest BCUT2D eigenvalue weighted by Crippen LogP contribution is -2.14. The Kier molecular flexibility index (Phi) is 4.70. The molecule has 3 rings (SSSR count). The number of rotatable bonds is 4. The highest BCUT2D eigenvalue weighted by Crippen LogP contribution is 2.19. The molecule has 2 N–H and O–H groups in total. The Hall–Kier alpha value is -3.28. The van der Waals surface area contributed by atoms with Crippen molar-refractivity contribution in [2.75, 3.05) is 10.6 Å². The van der Waals surface area contributed by atoms with Crippen molar-refractivity contribution in [3.8, 4) is 0 Å². The monoisotopic (exact) mass is 339 g/mol. The van der Waals surface area contributed by atoms with Gasteiger partial charge in [0, 0.05) is 17.4 Å². The zero-order chi connectivity index (χ0) is 17.8. The van der Waals surface area contributed by atoms with E-state index in [2.05, 4.69) is 15.6 Å². The molecule has 0 atom stereocenters. The lowest BCUT2D eigenvalue weighted by molar-refractivity contribution is 0.102. The number of para-hydroxylation sites is 1. The molecule has 0 bridgehead atoms. The second-order valence-electron chi connectivity index (χ2n) is 5.46. The number of anilines is 3. The highest BCUT2D eigenvalue weighted by Gasteiger charge is 2.09. The molecule has 0 saturated heterocycles. The Morgan fingerprint density at radius 2 is 1.72 bits per heavy atom. The summed E-state index contributed by atoms with van der Waals surface area (Å²) < 4.78 is 26.1. The predicted octanol–water partition coefficient (Wildman–Crippen LogP) is 4.66. The molecule has 0 radical (unpaired) electrons. The van der Waals surface area contributed by atoms with E-state index in [0.29, 0.717) is 11.4 Å². The Morgan fingerprint density at radius 1 is 0.960 bits per heavy atom. The van der Waals surface area contributed by atoms with E-state index in [4.69, 9.17) is 0 Å². The van der Waals surface area contributed by atoms with Gasteiger partial charge in [0.05, 0.1) is 11.9 Å². The number of benzene rings is 2. The number of amides is 1. The van der Waals surface area contributed by atoms with Gasteiger partial charge in [-0.05, 0) is 42.8 Å². The molecule has 0 unspecified atom stereocenters. The summed E-state index contributed by atoms with van der Waals surface area (Å²) >= 11 is 0. The summed E-state index contributed by atoms with van der Waals surface area (Å²) in [6.07, 6.45) is 1.45.